The van der Waals surface area contributed by atoms with E-state index in [1.807, 2.05) is 37.1 Å². The minimum Gasteiger partial charge on any atom is -0.343 e. The number of rotatable bonds is 5. The summed E-state index contributed by atoms with van der Waals surface area (Å²) in [6, 6.07) is 7.82. The fraction of sp³-hybridized carbons (Fsp3) is 0.471. The van der Waals surface area contributed by atoms with Gasteiger partial charge in [-0.05, 0) is 38.3 Å². The van der Waals surface area contributed by atoms with Crippen LogP contribution in [0.3, 0.4) is 0 Å². The van der Waals surface area contributed by atoms with E-state index in [1.165, 1.54) is 0 Å². The van der Waals surface area contributed by atoms with E-state index in [1.54, 1.807) is 10.6 Å². The summed E-state index contributed by atoms with van der Waals surface area (Å²) >= 11 is 0. The van der Waals surface area contributed by atoms with Crippen LogP contribution in [0.1, 0.15) is 31.5 Å². The predicted molar refractivity (Wildman–Crippen MR) is 85.8 cm³/mol. The molecule has 0 aliphatic heterocycles. The van der Waals surface area contributed by atoms with Crippen molar-refractivity contribution >= 4 is 16.8 Å². The molecule has 5 nitrogen and oxygen atoms in total. The van der Waals surface area contributed by atoms with E-state index in [4.69, 9.17) is 0 Å². The molecule has 1 aromatic heterocycles. The second-order valence-corrected chi connectivity index (χ2v) is 5.97. The minimum absolute atomic E-state index is 0.0221. The number of para-hydroxylation sites is 1. The summed E-state index contributed by atoms with van der Waals surface area (Å²) in [6.45, 7) is 2.37. The highest BCUT2D eigenvalue weighted by molar-refractivity contribution is 5.77. The molecule has 0 N–H and O–H groups in total. The number of amides is 1. The third-order valence-electron chi connectivity index (χ3n) is 4.31. The lowest BCUT2D eigenvalue weighted by atomic mass is 10.2. The smallest absolute Gasteiger partial charge is 0.261 e. The molecule has 1 aromatic carbocycles. The maximum atomic E-state index is 12.5. The highest BCUT2D eigenvalue weighted by atomic mass is 16.2. The van der Waals surface area contributed by atoms with Crippen molar-refractivity contribution in [3.05, 3.63) is 40.4 Å². The Hall–Kier alpha value is -2.17. The molecule has 22 heavy (non-hydrogen) atoms. The van der Waals surface area contributed by atoms with Crippen LogP contribution in [-0.4, -0.2) is 33.4 Å². The average Bonchev–Trinajstić information content (AvgIpc) is 3.34. The van der Waals surface area contributed by atoms with E-state index in [0.29, 0.717) is 36.6 Å². The standard InChI is InChI=1S/C17H21N3O2/c1-12-18-15-7-4-3-6-14(15)17(22)20(12)11-5-8-16(21)19(2)13-9-10-13/h3-4,6-7,13H,5,8-11H2,1-2H3. The van der Waals surface area contributed by atoms with E-state index in [9.17, 15) is 9.59 Å². The van der Waals surface area contributed by atoms with Gasteiger partial charge in [-0.3, -0.25) is 14.2 Å². The molecule has 1 amide bonds. The number of aromatic nitrogens is 2. The van der Waals surface area contributed by atoms with Crippen molar-refractivity contribution in [2.24, 2.45) is 0 Å². The Kier molecular flexibility index (Phi) is 3.96. The zero-order valence-electron chi connectivity index (χ0n) is 13.1. The Balaban J connectivity index is 1.71. The molecule has 1 heterocycles. The number of fused-ring (bicyclic) bond motifs is 1. The first-order valence-electron chi connectivity index (χ1n) is 7.80. The van der Waals surface area contributed by atoms with Gasteiger partial charge in [0.15, 0.2) is 0 Å². The van der Waals surface area contributed by atoms with Gasteiger partial charge in [0, 0.05) is 26.1 Å². The van der Waals surface area contributed by atoms with Crippen LogP contribution >= 0.6 is 0 Å². The Morgan fingerprint density at radius 3 is 2.82 bits per heavy atom. The van der Waals surface area contributed by atoms with E-state index < -0.39 is 0 Å². The van der Waals surface area contributed by atoms with E-state index in [0.717, 1.165) is 18.4 Å². The molecule has 0 atom stereocenters. The average molecular weight is 299 g/mol. The van der Waals surface area contributed by atoms with Gasteiger partial charge in [-0.1, -0.05) is 12.1 Å². The lowest BCUT2D eigenvalue weighted by molar-refractivity contribution is -0.130. The molecular weight excluding hydrogens is 278 g/mol. The third-order valence-corrected chi connectivity index (χ3v) is 4.31. The van der Waals surface area contributed by atoms with Gasteiger partial charge in [0.2, 0.25) is 5.91 Å². The first-order chi connectivity index (χ1) is 10.6. The second kappa shape index (κ2) is 5.91. The number of carbonyl (C=O) groups excluding carboxylic acids is 1. The van der Waals surface area contributed by atoms with E-state index in [2.05, 4.69) is 4.98 Å². The number of hydrogen-bond donors (Lipinski definition) is 0. The minimum atomic E-state index is -0.0221. The Bertz CT molecular complexity index is 762. The topological polar surface area (TPSA) is 55.2 Å². The van der Waals surface area contributed by atoms with Gasteiger partial charge >= 0.3 is 0 Å². The lowest BCUT2D eigenvalue weighted by Crippen LogP contribution is -2.29. The summed E-state index contributed by atoms with van der Waals surface area (Å²) in [6.07, 6.45) is 3.38. The highest BCUT2D eigenvalue weighted by Gasteiger charge is 2.28. The Morgan fingerprint density at radius 1 is 1.36 bits per heavy atom. The molecule has 1 aliphatic carbocycles. The summed E-state index contributed by atoms with van der Waals surface area (Å²) in [5.41, 5.74) is 0.705. The fourth-order valence-corrected chi connectivity index (χ4v) is 2.77. The molecule has 0 bridgehead atoms. The van der Waals surface area contributed by atoms with Crippen LogP contribution in [0.5, 0.6) is 0 Å². The molecule has 1 aliphatic rings. The molecule has 2 aromatic rings. The first-order valence-corrected chi connectivity index (χ1v) is 7.80. The van der Waals surface area contributed by atoms with Crippen LogP contribution in [0.4, 0.5) is 0 Å². The summed E-state index contributed by atoms with van der Waals surface area (Å²) in [7, 11) is 1.87. The highest BCUT2D eigenvalue weighted by Crippen LogP contribution is 2.25. The van der Waals surface area contributed by atoms with Gasteiger partial charge < -0.3 is 4.90 Å². The molecule has 1 fully saturated rings. The maximum absolute atomic E-state index is 12.5. The molecule has 116 valence electrons. The fourth-order valence-electron chi connectivity index (χ4n) is 2.77. The van der Waals surface area contributed by atoms with Gasteiger partial charge in [-0.15, -0.1) is 0 Å². The van der Waals surface area contributed by atoms with Crippen molar-refractivity contribution in [1.29, 1.82) is 0 Å². The zero-order chi connectivity index (χ0) is 15.7. The summed E-state index contributed by atoms with van der Waals surface area (Å²) in [5, 5.41) is 0.634. The molecule has 1 saturated carbocycles. The molecule has 5 heteroatoms. The van der Waals surface area contributed by atoms with Gasteiger partial charge in [0.25, 0.3) is 5.56 Å². The molecular formula is C17H21N3O2. The SMILES string of the molecule is Cc1nc2ccccc2c(=O)n1CCCC(=O)N(C)C1CC1. The molecule has 3 rings (SSSR count). The van der Waals surface area contributed by atoms with Gasteiger partial charge in [0.05, 0.1) is 10.9 Å². The van der Waals surface area contributed by atoms with Crippen LogP contribution in [0.25, 0.3) is 10.9 Å². The summed E-state index contributed by atoms with van der Waals surface area (Å²) in [5.74, 6) is 0.869. The van der Waals surface area contributed by atoms with Gasteiger partial charge in [-0.2, -0.15) is 0 Å². The number of aryl methyl sites for hydroxylation is 1. The quantitative estimate of drug-likeness (QED) is 0.849. The Morgan fingerprint density at radius 2 is 2.09 bits per heavy atom. The molecule has 0 spiro atoms. The zero-order valence-corrected chi connectivity index (χ0v) is 13.1. The van der Waals surface area contributed by atoms with Crippen molar-refractivity contribution in [1.82, 2.24) is 14.5 Å². The molecule has 0 radical (unpaired) electrons. The van der Waals surface area contributed by atoms with Crippen LogP contribution in [0.2, 0.25) is 0 Å². The number of nitrogens with zero attached hydrogens (tertiary/aromatic N) is 3. The monoisotopic (exact) mass is 299 g/mol. The van der Waals surface area contributed by atoms with Crippen LogP contribution in [0, 0.1) is 6.92 Å². The van der Waals surface area contributed by atoms with Crippen LogP contribution in [0.15, 0.2) is 29.1 Å². The van der Waals surface area contributed by atoms with Crippen molar-refractivity contribution in [3.8, 4) is 0 Å². The molecule has 0 unspecified atom stereocenters. The van der Waals surface area contributed by atoms with Crippen LogP contribution in [-0.2, 0) is 11.3 Å². The largest absolute Gasteiger partial charge is 0.343 e. The molecule has 0 saturated heterocycles. The summed E-state index contributed by atoms with van der Waals surface area (Å²) < 4.78 is 1.67. The normalized spacial score (nSPS) is 14.3. The Labute approximate surface area is 129 Å². The van der Waals surface area contributed by atoms with E-state index >= 15 is 0 Å². The van der Waals surface area contributed by atoms with Crippen molar-refractivity contribution < 1.29 is 4.79 Å². The number of hydrogen-bond acceptors (Lipinski definition) is 3. The third kappa shape index (κ3) is 2.89. The van der Waals surface area contributed by atoms with Gasteiger partial charge in [-0.25, -0.2) is 4.98 Å². The van der Waals surface area contributed by atoms with Crippen molar-refractivity contribution in [3.63, 3.8) is 0 Å². The summed E-state index contributed by atoms with van der Waals surface area (Å²) in [4.78, 5) is 30.8. The number of carbonyl (C=O) groups is 1. The van der Waals surface area contributed by atoms with Gasteiger partial charge in [0.1, 0.15) is 5.82 Å². The second-order valence-electron chi connectivity index (χ2n) is 5.97. The maximum Gasteiger partial charge on any atom is 0.261 e. The number of benzene rings is 1. The first kappa shape index (κ1) is 14.8. The van der Waals surface area contributed by atoms with E-state index in [-0.39, 0.29) is 11.5 Å². The van der Waals surface area contributed by atoms with Crippen molar-refractivity contribution in [2.75, 3.05) is 7.05 Å². The van der Waals surface area contributed by atoms with Crippen molar-refractivity contribution in [2.45, 2.75) is 45.2 Å². The lowest BCUT2D eigenvalue weighted by Gasteiger charge is -2.16. The van der Waals surface area contributed by atoms with Crippen LogP contribution < -0.4 is 5.56 Å². The predicted octanol–water partition coefficient (Wildman–Crippen LogP) is 2.11.